The van der Waals surface area contributed by atoms with Crippen molar-refractivity contribution < 1.29 is 19.0 Å². The van der Waals surface area contributed by atoms with Crippen LogP contribution >= 0.6 is 23.2 Å². The van der Waals surface area contributed by atoms with Crippen molar-refractivity contribution in [2.24, 2.45) is 0 Å². The Balaban J connectivity index is 1.78. The van der Waals surface area contributed by atoms with Gasteiger partial charge in [-0.15, -0.1) is 0 Å². The van der Waals surface area contributed by atoms with Gasteiger partial charge in [-0.3, -0.25) is 4.79 Å². The molecule has 3 rings (SSSR count). The topological polar surface area (TPSA) is 59.4 Å². The molecule has 4 nitrogen and oxygen atoms in total. The number of hydrogen-bond donors (Lipinski definition) is 1. The summed E-state index contributed by atoms with van der Waals surface area (Å²) >= 11 is 12.0. The van der Waals surface area contributed by atoms with Crippen LogP contribution in [0.4, 0.5) is 4.39 Å². The zero-order valence-corrected chi connectivity index (χ0v) is 15.5. The van der Waals surface area contributed by atoms with Crippen LogP contribution < -0.4 is 4.74 Å². The second-order valence-electron chi connectivity index (χ2n) is 5.77. The standard InChI is InChI=1S/C20H14Cl2FNO3/c21-14-6-5-13(17(23)10-14)11-27-19-3-1-2-18(24-19)15-7-4-12(8-16(15)22)9-20(25)26/h1-8,10H,9,11H2,(H,25,26). The Labute approximate surface area is 165 Å². The SMILES string of the molecule is O=C(O)Cc1ccc(-c2cccc(OCc3ccc(Cl)cc3F)n2)c(Cl)c1. The maximum atomic E-state index is 13.8. The molecule has 0 bridgehead atoms. The average molecular weight is 406 g/mol. The molecule has 0 saturated heterocycles. The molecule has 1 N–H and O–H groups in total. The molecule has 138 valence electrons. The number of ether oxygens (including phenoxy) is 1. The van der Waals surface area contributed by atoms with Gasteiger partial charge in [0.05, 0.1) is 17.1 Å². The van der Waals surface area contributed by atoms with Crippen molar-refractivity contribution in [3.8, 4) is 17.1 Å². The summed E-state index contributed by atoms with van der Waals surface area (Å²) in [5.74, 6) is -1.06. The smallest absolute Gasteiger partial charge is 0.307 e. The summed E-state index contributed by atoms with van der Waals surface area (Å²) in [7, 11) is 0. The zero-order chi connectivity index (χ0) is 19.4. The third-order valence-corrected chi connectivity index (χ3v) is 4.33. The summed E-state index contributed by atoms with van der Waals surface area (Å²) in [6, 6.07) is 14.5. The lowest BCUT2D eigenvalue weighted by Crippen LogP contribution is -2.01. The molecule has 0 spiro atoms. The number of nitrogens with zero attached hydrogens (tertiary/aromatic N) is 1. The van der Waals surface area contributed by atoms with Crippen molar-refractivity contribution in [2.75, 3.05) is 0 Å². The Morgan fingerprint density at radius 1 is 1.11 bits per heavy atom. The largest absolute Gasteiger partial charge is 0.481 e. The molecule has 0 atom stereocenters. The predicted octanol–water partition coefficient (Wildman–Crippen LogP) is 5.40. The fourth-order valence-corrected chi connectivity index (χ4v) is 2.95. The quantitative estimate of drug-likeness (QED) is 0.596. The van der Waals surface area contributed by atoms with Crippen molar-refractivity contribution >= 4 is 29.2 Å². The molecule has 7 heteroatoms. The minimum atomic E-state index is -0.929. The van der Waals surface area contributed by atoms with E-state index in [0.29, 0.717) is 38.3 Å². The first-order valence-electron chi connectivity index (χ1n) is 7.97. The molecular formula is C20H14Cl2FNO3. The summed E-state index contributed by atoms with van der Waals surface area (Å²) in [5.41, 5.74) is 2.18. The van der Waals surface area contributed by atoms with Gasteiger partial charge in [-0.2, -0.15) is 0 Å². The summed E-state index contributed by atoms with van der Waals surface area (Å²) in [6.07, 6.45) is -0.108. The number of halogens is 3. The molecule has 1 aromatic heterocycles. The number of aromatic nitrogens is 1. The summed E-state index contributed by atoms with van der Waals surface area (Å²) in [5, 5.41) is 9.57. The highest BCUT2D eigenvalue weighted by atomic mass is 35.5. The van der Waals surface area contributed by atoms with Gasteiger partial charge in [-0.1, -0.05) is 47.5 Å². The Morgan fingerprint density at radius 3 is 2.63 bits per heavy atom. The number of carboxylic acid groups (broad SMARTS) is 1. The van der Waals surface area contributed by atoms with Gasteiger partial charge in [0.1, 0.15) is 12.4 Å². The lowest BCUT2D eigenvalue weighted by molar-refractivity contribution is -0.136. The van der Waals surface area contributed by atoms with E-state index in [1.807, 2.05) is 0 Å². The number of hydrogen-bond acceptors (Lipinski definition) is 3. The predicted molar refractivity (Wildman–Crippen MR) is 102 cm³/mol. The number of rotatable bonds is 6. The maximum absolute atomic E-state index is 13.8. The van der Waals surface area contributed by atoms with Crippen molar-refractivity contribution in [1.29, 1.82) is 0 Å². The molecule has 3 aromatic rings. The first-order valence-corrected chi connectivity index (χ1v) is 8.72. The lowest BCUT2D eigenvalue weighted by Gasteiger charge is -2.10. The number of pyridine rings is 1. The van der Waals surface area contributed by atoms with Gasteiger partial charge in [-0.05, 0) is 29.8 Å². The lowest BCUT2D eigenvalue weighted by atomic mass is 10.1. The van der Waals surface area contributed by atoms with Crippen LogP contribution in [-0.4, -0.2) is 16.1 Å². The molecule has 2 aromatic carbocycles. The van der Waals surface area contributed by atoms with Crippen LogP contribution in [0, 0.1) is 5.82 Å². The average Bonchev–Trinajstić information content (AvgIpc) is 2.61. The van der Waals surface area contributed by atoms with E-state index < -0.39 is 11.8 Å². The molecular weight excluding hydrogens is 392 g/mol. The van der Waals surface area contributed by atoms with Crippen LogP contribution in [0.2, 0.25) is 10.0 Å². The monoisotopic (exact) mass is 405 g/mol. The zero-order valence-electron chi connectivity index (χ0n) is 14.0. The van der Waals surface area contributed by atoms with Gasteiger partial charge in [0.25, 0.3) is 0 Å². The summed E-state index contributed by atoms with van der Waals surface area (Å²) in [6.45, 7) is 0.00470. The van der Waals surface area contributed by atoms with Gasteiger partial charge in [-0.25, -0.2) is 9.37 Å². The van der Waals surface area contributed by atoms with E-state index in [2.05, 4.69) is 4.98 Å². The van der Waals surface area contributed by atoms with Crippen molar-refractivity contribution in [1.82, 2.24) is 4.98 Å². The highest BCUT2D eigenvalue weighted by molar-refractivity contribution is 6.33. The van der Waals surface area contributed by atoms with Crippen LogP contribution in [0.5, 0.6) is 5.88 Å². The first kappa shape index (κ1) is 19.1. The molecule has 0 saturated carbocycles. The van der Waals surface area contributed by atoms with E-state index in [9.17, 15) is 9.18 Å². The van der Waals surface area contributed by atoms with Crippen LogP contribution in [0.25, 0.3) is 11.3 Å². The molecule has 1 heterocycles. The minimum Gasteiger partial charge on any atom is -0.481 e. The third kappa shape index (κ3) is 4.96. The van der Waals surface area contributed by atoms with Gasteiger partial charge in [0.15, 0.2) is 0 Å². The van der Waals surface area contributed by atoms with Crippen molar-refractivity contribution in [3.05, 3.63) is 81.6 Å². The van der Waals surface area contributed by atoms with Crippen LogP contribution in [0.3, 0.4) is 0 Å². The second kappa shape index (κ2) is 8.37. The van der Waals surface area contributed by atoms with Gasteiger partial charge in [0, 0.05) is 22.2 Å². The number of aliphatic carboxylic acids is 1. The molecule has 0 amide bonds. The molecule has 0 aliphatic rings. The van der Waals surface area contributed by atoms with E-state index in [1.54, 1.807) is 48.5 Å². The van der Waals surface area contributed by atoms with E-state index in [1.165, 1.54) is 6.07 Å². The molecule has 0 unspecified atom stereocenters. The first-order chi connectivity index (χ1) is 12.9. The molecule has 27 heavy (non-hydrogen) atoms. The number of carboxylic acids is 1. The van der Waals surface area contributed by atoms with Crippen molar-refractivity contribution in [2.45, 2.75) is 13.0 Å². The summed E-state index contributed by atoms with van der Waals surface area (Å²) in [4.78, 5) is 15.2. The molecule has 0 aliphatic heterocycles. The highest BCUT2D eigenvalue weighted by Gasteiger charge is 2.10. The normalized spacial score (nSPS) is 10.6. The van der Waals surface area contributed by atoms with E-state index in [4.69, 9.17) is 33.0 Å². The van der Waals surface area contributed by atoms with Gasteiger partial charge in [0.2, 0.25) is 5.88 Å². The fraction of sp³-hybridized carbons (Fsp3) is 0.100. The minimum absolute atomic E-state index is 0.00470. The van der Waals surface area contributed by atoms with Gasteiger partial charge < -0.3 is 9.84 Å². The van der Waals surface area contributed by atoms with E-state index in [0.717, 1.165) is 0 Å². The Kier molecular flexibility index (Phi) is 5.94. The summed E-state index contributed by atoms with van der Waals surface area (Å²) < 4.78 is 19.4. The van der Waals surface area contributed by atoms with Crippen LogP contribution in [-0.2, 0) is 17.8 Å². The molecule has 0 aliphatic carbocycles. The van der Waals surface area contributed by atoms with Gasteiger partial charge >= 0.3 is 5.97 Å². The molecule has 0 radical (unpaired) electrons. The fourth-order valence-electron chi connectivity index (χ4n) is 2.49. The number of benzene rings is 2. The highest BCUT2D eigenvalue weighted by Crippen LogP contribution is 2.29. The third-order valence-electron chi connectivity index (χ3n) is 3.78. The molecule has 0 fully saturated rings. The van der Waals surface area contributed by atoms with Crippen LogP contribution in [0.15, 0.2) is 54.6 Å². The van der Waals surface area contributed by atoms with Crippen LogP contribution in [0.1, 0.15) is 11.1 Å². The number of carbonyl (C=O) groups is 1. The Morgan fingerprint density at radius 2 is 1.93 bits per heavy atom. The van der Waals surface area contributed by atoms with Crippen molar-refractivity contribution in [3.63, 3.8) is 0 Å². The Bertz CT molecular complexity index is 995. The van der Waals surface area contributed by atoms with E-state index >= 15 is 0 Å². The Hall–Kier alpha value is -2.63. The maximum Gasteiger partial charge on any atom is 0.307 e. The van der Waals surface area contributed by atoms with E-state index in [-0.39, 0.29) is 13.0 Å². The second-order valence-corrected chi connectivity index (χ2v) is 6.61.